The van der Waals surface area contributed by atoms with Crippen molar-refractivity contribution in [3.63, 3.8) is 0 Å². The Morgan fingerprint density at radius 1 is 1.62 bits per heavy atom. The van der Waals surface area contributed by atoms with Crippen molar-refractivity contribution >= 4 is 0 Å². The fourth-order valence-corrected chi connectivity index (χ4v) is 1.06. The Kier molecular flexibility index (Phi) is 4.49. The van der Waals surface area contributed by atoms with Crippen molar-refractivity contribution in [1.29, 1.82) is 0 Å². The molecule has 4 heteroatoms. The van der Waals surface area contributed by atoms with Crippen LogP contribution in [0, 0.1) is 0 Å². The van der Waals surface area contributed by atoms with Crippen molar-refractivity contribution < 1.29 is 4.74 Å². The van der Waals surface area contributed by atoms with Crippen LogP contribution in [0.4, 0.5) is 0 Å². The van der Waals surface area contributed by atoms with Gasteiger partial charge in [-0.05, 0) is 6.92 Å². The van der Waals surface area contributed by atoms with Crippen LogP contribution >= 0.6 is 0 Å². The molecule has 0 fully saturated rings. The van der Waals surface area contributed by atoms with Crippen molar-refractivity contribution in [3.8, 4) is 0 Å². The summed E-state index contributed by atoms with van der Waals surface area (Å²) in [5, 5.41) is 3.26. The molecular formula is C9H17N3O. The van der Waals surface area contributed by atoms with Gasteiger partial charge in [0.25, 0.3) is 0 Å². The minimum absolute atomic E-state index is 0.765. The minimum atomic E-state index is 0.765. The zero-order valence-corrected chi connectivity index (χ0v) is 8.29. The number of imidazole rings is 1. The molecule has 1 heterocycles. The summed E-state index contributed by atoms with van der Waals surface area (Å²) in [7, 11) is 1.99. The normalized spacial score (nSPS) is 10.6. The van der Waals surface area contributed by atoms with Crippen molar-refractivity contribution in [2.75, 3.05) is 19.8 Å². The molecule has 0 unspecified atom stereocenters. The minimum Gasteiger partial charge on any atom is -0.380 e. The van der Waals surface area contributed by atoms with Crippen LogP contribution in [0.25, 0.3) is 0 Å². The first-order valence-electron chi connectivity index (χ1n) is 4.59. The number of rotatable bonds is 6. The highest BCUT2D eigenvalue weighted by Gasteiger charge is 1.96. The first kappa shape index (κ1) is 10.2. The van der Waals surface area contributed by atoms with Crippen LogP contribution in [-0.4, -0.2) is 29.3 Å². The van der Waals surface area contributed by atoms with E-state index in [1.165, 1.54) is 0 Å². The standard InChI is InChI=1S/C9H17N3O/c1-3-13-7-5-10-8-9-11-4-6-12(9)2/h4,6,10H,3,5,7-8H2,1-2H3. The summed E-state index contributed by atoms with van der Waals surface area (Å²) >= 11 is 0. The zero-order valence-electron chi connectivity index (χ0n) is 8.29. The van der Waals surface area contributed by atoms with E-state index in [-0.39, 0.29) is 0 Å². The topological polar surface area (TPSA) is 39.1 Å². The lowest BCUT2D eigenvalue weighted by Crippen LogP contribution is -2.21. The average molecular weight is 183 g/mol. The fraction of sp³-hybridized carbons (Fsp3) is 0.667. The predicted octanol–water partition coefficient (Wildman–Crippen LogP) is 0.546. The third-order valence-electron chi connectivity index (χ3n) is 1.83. The van der Waals surface area contributed by atoms with E-state index < -0.39 is 0 Å². The van der Waals surface area contributed by atoms with Crippen molar-refractivity contribution in [2.24, 2.45) is 7.05 Å². The fourth-order valence-electron chi connectivity index (χ4n) is 1.06. The van der Waals surface area contributed by atoms with Crippen LogP contribution in [0.2, 0.25) is 0 Å². The number of hydrogen-bond acceptors (Lipinski definition) is 3. The maximum absolute atomic E-state index is 5.19. The molecule has 1 rings (SSSR count). The smallest absolute Gasteiger partial charge is 0.122 e. The lowest BCUT2D eigenvalue weighted by atomic mass is 10.5. The van der Waals surface area contributed by atoms with E-state index in [1.807, 2.05) is 24.7 Å². The second-order valence-electron chi connectivity index (χ2n) is 2.83. The molecule has 0 aliphatic rings. The second kappa shape index (κ2) is 5.72. The monoisotopic (exact) mass is 183 g/mol. The largest absolute Gasteiger partial charge is 0.380 e. The number of aromatic nitrogens is 2. The van der Waals surface area contributed by atoms with Crippen LogP contribution in [0.1, 0.15) is 12.7 Å². The van der Waals surface area contributed by atoms with Crippen molar-refractivity contribution in [3.05, 3.63) is 18.2 Å². The lowest BCUT2D eigenvalue weighted by Gasteiger charge is -2.04. The van der Waals surface area contributed by atoms with E-state index in [0.717, 1.165) is 32.1 Å². The summed E-state index contributed by atoms with van der Waals surface area (Å²) in [5.74, 6) is 1.05. The van der Waals surface area contributed by atoms with Gasteiger partial charge in [-0.1, -0.05) is 0 Å². The highest BCUT2D eigenvalue weighted by molar-refractivity contribution is 4.90. The second-order valence-corrected chi connectivity index (χ2v) is 2.83. The maximum atomic E-state index is 5.19. The third kappa shape index (κ3) is 3.57. The number of hydrogen-bond donors (Lipinski definition) is 1. The van der Waals surface area contributed by atoms with Gasteiger partial charge in [-0.3, -0.25) is 0 Å². The highest BCUT2D eigenvalue weighted by Crippen LogP contribution is 1.91. The molecule has 0 aliphatic heterocycles. The molecule has 0 saturated heterocycles. The molecule has 74 valence electrons. The van der Waals surface area contributed by atoms with E-state index in [1.54, 1.807) is 6.20 Å². The first-order chi connectivity index (χ1) is 6.34. The van der Waals surface area contributed by atoms with E-state index in [9.17, 15) is 0 Å². The summed E-state index contributed by atoms with van der Waals surface area (Å²) in [6.07, 6.45) is 3.75. The molecule has 0 aliphatic carbocycles. The molecule has 0 radical (unpaired) electrons. The number of ether oxygens (including phenoxy) is 1. The molecule has 0 spiro atoms. The van der Waals surface area contributed by atoms with Gasteiger partial charge in [-0.2, -0.15) is 0 Å². The molecular weight excluding hydrogens is 166 g/mol. The van der Waals surface area contributed by atoms with Gasteiger partial charge < -0.3 is 14.6 Å². The average Bonchev–Trinajstić information content (AvgIpc) is 2.52. The molecule has 1 aromatic rings. The summed E-state index contributed by atoms with van der Waals surface area (Å²) in [6.45, 7) is 5.22. The number of nitrogens with one attached hydrogen (secondary N) is 1. The Balaban J connectivity index is 2.10. The molecule has 0 bridgehead atoms. The molecule has 0 amide bonds. The molecule has 1 aromatic heterocycles. The molecule has 0 atom stereocenters. The van der Waals surface area contributed by atoms with E-state index >= 15 is 0 Å². The van der Waals surface area contributed by atoms with Gasteiger partial charge in [0.1, 0.15) is 5.82 Å². The quantitative estimate of drug-likeness (QED) is 0.654. The summed E-state index contributed by atoms with van der Waals surface area (Å²) in [5.41, 5.74) is 0. The van der Waals surface area contributed by atoms with E-state index in [4.69, 9.17) is 4.74 Å². The molecule has 0 aromatic carbocycles. The summed E-state index contributed by atoms with van der Waals surface area (Å²) < 4.78 is 7.20. The van der Waals surface area contributed by atoms with Crippen molar-refractivity contribution in [1.82, 2.24) is 14.9 Å². The van der Waals surface area contributed by atoms with Gasteiger partial charge in [0, 0.05) is 32.6 Å². The Hall–Kier alpha value is -0.870. The van der Waals surface area contributed by atoms with Crippen LogP contribution in [0.3, 0.4) is 0 Å². The summed E-state index contributed by atoms with van der Waals surface area (Å²) in [4.78, 5) is 4.19. The van der Waals surface area contributed by atoms with Crippen LogP contribution in [0.5, 0.6) is 0 Å². The Labute approximate surface area is 78.9 Å². The first-order valence-corrected chi connectivity index (χ1v) is 4.59. The van der Waals surface area contributed by atoms with Gasteiger partial charge in [0.2, 0.25) is 0 Å². The lowest BCUT2D eigenvalue weighted by molar-refractivity contribution is 0.149. The van der Waals surface area contributed by atoms with Gasteiger partial charge >= 0.3 is 0 Å². The zero-order chi connectivity index (χ0) is 9.52. The van der Waals surface area contributed by atoms with E-state index in [0.29, 0.717) is 0 Å². The van der Waals surface area contributed by atoms with Gasteiger partial charge in [-0.15, -0.1) is 0 Å². The number of nitrogens with zero attached hydrogens (tertiary/aromatic N) is 2. The number of aryl methyl sites for hydroxylation is 1. The van der Waals surface area contributed by atoms with Gasteiger partial charge in [0.15, 0.2) is 0 Å². The Morgan fingerprint density at radius 2 is 2.46 bits per heavy atom. The third-order valence-corrected chi connectivity index (χ3v) is 1.83. The molecule has 1 N–H and O–H groups in total. The maximum Gasteiger partial charge on any atom is 0.122 e. The van der Waals surface area contributed by atoms with Gasteiger partial charge in [0.05, 0.1) is 13.2 Å². The molecule has 13 heavy (non-hydrogen) atoms. The van der Waals surface area contributed by atoms with Crippen molar-refractivity contribution in [2.45, 2.75) is 13.5 Å². The van der Waals surface area contributed by atoms with Gasteiger partial charge in [-0.25, -0.2) is 4.98 Å². The van der Waals surface area contributed by atoms with E-state index in [2.05, 4.69) is 10.3 Å². The molecule has 4 nitrogen and oxygen atoms in total. The van der Waals surface area contributed by atoms with Crippen LogP contribution < -0.4 is 5.32 Å². The molecule has 0 saturated carbocycles. The Morgan fingerprint density at radius 3 is 3.08 bits per heavy atom. The highest BCUT2D eigenvalue weighted by atomic mass is 16.5. The SMILES string of the molecule is CCOCCNCc1nccn1C. The Bertz CT molecular complexity index is 235. The summed E-state index contributed by atoms with van der Waals surface area (Å²) in [6, 6.07) is 0. The predicted molar refractivity (Wildman–Crippen MR) is 51.4 cm³/mol. The van der Waals surface area contributed by atoms with Crippen LogP contribution in [-0.2, 0) is 18.3 Å². The van der Waals surface area contributed by atoms with Crippen LogP contribution in [0.15, 0.2) is 12.4 Å².